The van der Waals surface area contributed by atoms with Crippen molar-refractivity contribution in [2.24, 2.45) is 5.92 Å². The molecule has 1 unspecified atom stereocenters. The predicted octanol–water partition coefficient (Wildman–Crippen LogP) is 4.01. The Morgan fingerprint density at radius 1 is 1.23 bits per heavy atom. The first-order valence-electron chi connectivity index (χ1n) is 5.02. The predicted molar refractivity (Wildman–Crippen MR) is 65.4 cm³/mol. The van der Waals surface area contributed by atoms with Crippen molar-refractivity contribution in [1.82, 2.24) is 0 Å². The SMILES string of the molecule is ICCC(c1ccccc1)C1CC1. The minimum absolute atomic E-state index is 0.845. The van der Waals surface area contributed by atoms with E-state index in [1.807, 2.05) is 0 Å². The monoisotopic (exact) mass is 286 g/mol. The van der Waals surface area contributed by atoms with E-state index in [-0.39, 0.29) is 0 Å². The molecule has 13 heavy (non-hydrogen) atoms. The van der Waals surface area contributed by atoms with Gasteiger partial charge in [0.15, 0.2) is 0 Å². The van der Waals surface area contributed by atoms with Crippen molar-refractivity contribution in [3.63, 3.8) is 0 Å². The van der Waals surface area contributed by atoms with Crippen LogP contribution in [0.3, 0.4) is 0 Å². The lowest BCUT2D eigenvalue weighted by Crippen LogP contribution is -2.01. The Morgan fingerprint density at radius 3 is 2.46 bits per heavy atom. The van der Waals surface area contributed by atoms with Crippen LogP contribution in [0, 0.1) is 5.92 Å². The smallest absolute Gasteiger partial charge is 0.000119 e. The molecule has 2 rings (SSSR count). The average molecular weight is 286 g/mol. The van der Waals surface area contributed by atoms with E-state index in [1.54, 1.807) is 5.56 Å². The molecule has 0 saturated heterocycles. The molecule has 0 aromatic heterocycles. The van der Waals surface area contributed by atoms with E-state index in [9.17, 15) is 0 Å². The number of halogens is 1. The van der Waals surface area contributed by atoms with Gasteiger partial charge in [-0.2, -0.15) is 0 Å². The molecule has 0 nitrogen and oxygen atoms in total. The molecule has 1 heteroatoms. The van der Waals surface area contributed by atoms with Crippen LogP contribution in [0.2, 0.25) is 0 Å². The van der Waals surface area contributed by atoms with E-state index < -0.39 is 0 Å². The second-order valence-electron chi connectivity index (χ2n) is 3.83. The molecule has 1 aliphatic rings. The lowest BCUT2D eigenvalue weighted by atomic mass is 9.92. The normalized spacial score (nSPS) is 18.5. The molecule has 0 bridgehead atoms. The van der Waals surface area contributed by atoms with Crippen molar-refractivity contribution >= 4 is 22.6 Å². The van der Waals surface area contributed by atoms with E-state index in [4.69, 9.17) is 0 Å². The largest absolute Gasteiger partial charge is 0.0864 e. The summed E-state index contributed by atoms with van der Waals surface area (Å²) in [5, 5.41) is 0. The number of rotatable bonds is 4. The second kappa shape index (κ2) is 4.45. The Bertz CT molecular complexity index is 251. The van der Waals surface area contributed by atoms with Gasteiger partial charge in [-0.1, -0.05) is 52.9 Å². The Balaban J connectivity index is 2.10. The van der Waals surface area contributed by atoms with Crippen molar-refractivity contribution in [1.29, 1.82) is 0 Å². The van der Waals surface area contributed by atoms with Gasteiger partial charge in [-0.25, -0.2) is 0 Å². The van der Waals surface area contributed by atoms with Crippen LogP contribution in [0.5, 0.6) is 0 Å². The molecule has 1 fully saturated rings. The summed E-state index contributed by atoms with van der Waals surface area (Å²) in [6.45, 7) is 0. The lowest BCUT2D eigenvalue weighted by molar-refractivity contribution is 0.595. The van der Waals surface area contributed by atoms with E-state index >= 15 is 0 Å². The molecule has 0 amide bonds. The van der Waals surface area contributed by atoms with E-state index in [1.165, 1.54) is 23.7 Å². The first-order valence-corrected chi connectivity index (χ1v) is 6.55. The zero-order valence-electron chi connectivity index (χ0n) is 7.75. The summed E-state index contributed by atoms with van der Waals surface area (Å²) < 4.78 is 1.29. The van der Waals surface area contributed by atoms with Crippen LogP contribution < -0.4 is 0 Å². The topological polar surface area (TPSA) is 0 Å². The minimum Gasteiger partial charge on any atom is -0.0864 e. The van der Waals surface area contributed by atoms with E-state index in [0.717, 1.165) is 11.8 Å². The number of alkyl halides is 1. The number of hydrogen-bond acceptors (Lipinski definition) is 0. The molecule has 0 heterocycles. The summed E-state index contributed by atoms with van der Waals surface area (Å²) in [6.07, 6.45) is 4.27. The van der Waals surface area contributed by atoms with E-state index in [0.29, 0.717) is 0 Å². The van der Waals surface area contributed by atoms with Crippen molar-refractivity contribution < 1.29 is 0 Å². The van der Waals surface area contributed by atoms with Crippen molar-refractivity contribution in [2.75, 3.05) is 4.43 Å². The van der Waals surface area contributed by atoms with Gasteiger partial charge < -0.3 is 0 Å². The highest BCUT2D eigenvalue weighted by molar-refractivity contribution is 14.1. The summed E-state index contributed by atoms with van der Waals surface area (Å²) in [7, 11) is 0. The van der Waals surface area contributed by atoms with Crippen LogP contribution in [0.25, 0.3) is 0 Å². The van der Waals surface area contributed by atoms with Gasteiger partial charge in [0.2, 0.25) is 0 Å². The molecule has 0 spiro atoms. The van der Waals surface area contributed by atoms with Crippen molar-refractivity contribution in [2.45, 2.75) is 25.2 Å². The van der Waals surface area contributed by atoms with Crippen molar-refractivity contribution in [3.05, 3.63) is 35.9 Å². The summed E-state index contributed by atoms with van der Waals surface area (Å²) in [5.41, 5.74) is 1.56. The quantitative estimate of drug-likeness (QED) is 0.579. The van der Waals surface area contributed by atoms with Gasteiger partial charge in [-0.15, -0.1) is 0 Å². The van der Waals surface area contributed by atoms with Gasteiger partial charge in [0.25, 0.3) is 0 Å². The summed E-state index contributed by atoms with van der Waals surface area (Å²) in [4.78, 5) is 0. The molecular formula is C12H15I. The van der Waals surface area contributed by atoms with Gasteiger partial charge in [0.1, 0.15) is 0 Å². The Labute approximate surface area is 93.9 Å². The first-order chi connectivity index (χ1) is 6.42. The molecule has 1 aliphatic carbocycles. The third kappa shape index (κ3) is 2.46. The molecule has 70 valence electrons. The standard InChI is InChI=1S/C12H15I/c13-9-8-12(11-6-7-11)10-4-2-1-3-5-10/h1-5,11-12H,6-9H2. The molecule has 1 saturated carbocycles. The molecule has 0 radical (unpaired) electrons. The fourth-order valence-electron chi connectivity index (χ4n) is 1.99. The zero-order valence-corrected chi connectivity index (χ0v) is 9.91. The van der Waals surface area contributed by atoms with Crippen LogP contribution in [0.15, 0.2) is 30.3 Å². The third-order valence-corrected chi connectivity index (χ3v) is 3.46. The highest BCUT2D eigenvalue weighted by Crippen LogP contribution is 2.44. The Hall–Kier alpha value is -0.0500. The second-order valence-corrected chi connectivity index (χ2v) is 4.91. The molecule has 1 aromatic carbocycles. The maximum Gasteiger partial charge on any atom is 0.000119 e. The fraction of sp³-hybridized carbons (Fsp3) is 0.500. The Morgan fingerprint density at radius 2 is 1.92 bits per heavy atom. The van der Waals surface area contributed by atoms with E-state index in [2.05, 4.69) is 52.9 Å². The van der Waals surface area contributed by atoms with Crippen LogP contribution in [0.1, 0.15) is 30.7 Å². The van der Waals surface area contributed by atoms with Gasteiger partial charge in [-0.05, 0) is 36.7 Å². The molecular weight excluding hydrogens is 271 g/mol. The van der Waals surface area contributed by atoms with Gasteiger partial charge >= 0.3 is 0 Å². The maximum absolute atomic E-state index is 2.49. The van der Waals surface area contributed by atoms with Crippen LogP contribution >= 0.6 is 22.6 Å². The molecule has 1 atom stereocenters. The first kappa shape index (κ1) is 9.50. The highest BCUT2D eigenvalue weighted by Gasteiger charge is 2.31. The van der Waals surface area contributed by atoms with Gasteiger partial charge in [-0.3, -0.25) is 0 Å². The summed E-state index contributed by atoms with van der Waals surface area (Å²) in [6, 6.07) is 11.0. The fourth-order valence-corrected chi connectivity index (χ4v) is 2.66. The summed E-state index contributed by atoms with van der Waals surface area (Å²) in [5.74, 6) is 1.84. The minimum atomic E-state index is 0.845. The zero-order chi connectivity index (χ0) is 9.10. The molecule has 1 aromatic rings. The number of hydrogen-bond donors (Lipinski definition) is 0. The Kier molecular flexibility index (Phi) is 3.25. The number of benzene rings is 1. The lowest BCUT2D eigenvalue weighted by Gasteiger charge is -2.14. The van der Waals surface area contributed by atoms with Gasteiger partial charge in [0.05, 0.1) is 0 Å². The highest BCUT2D eigenvalue weighted by atomic mass is 127. The summed E-state index contributed by atoms with van der Waals surface area (Å²) >= 11 is 2.49. The van der Waals surface area contributed by atoms with Gasteiger partial charge in [0, 0.05) is 4.43 Å². The average Bonchev–Trinajstić information content (AvgIpc) is 2.99. The van der Waals surface area contributed by atoms with Crippen molar-refractivity contribution in [3.8, 4) is 0 Å². The third-order valence-electron chi connectivity index (χ3n) is 2.84. The molecule has 0 aliphatic heterocycles. The van der Waals surface area contributed by atoms with Crippen LogP contribution in [-0.2, 0) is 0 Å². The van der Waals surface area contributed by atoms with Crippen LogP contribution in [-0.4, -0.2) is 4.43 Å². The maximum atomic E-state index is 2.49. The molecule has 0 N–H and O–H groups in total. The van der Waals surface area contributed by atoms with Crippen LogP contribution in [0.4, 0.5) is 0 Å².